The molecule has 0 aromatic heterocycles. The summed E-state index contributed by atoms with van der Waals surface area (Å²) in [6.45, 7) is 5.36. The van der Waals surface area contributed by atoms with E-state index in [0.717, 1.165) is 32.2 Å². The van der Waals surface area contributed by atoms with Crippen molar-refractivity contribution in [2.45, 2.75) is 83.0 Å². The molecule has 0 aliphatic heterocycles. The summed E-state index contributed by atoms with van der Waals surface area (Å²) in [6.07, 6.45) is 1.32. The van der Waals surface area contributed by atoms with Gasteiger partial charge < -0.3 is 10.1 Å². The molecule has 5 heteroatoms. The largest absolute Gasteiger partial charge is 0.389 e. The Balaban J connectivity index is 2.64. The van der Waals surface area contributed by atoms with Crippen molar-refractivity contribution in [1.82, 2.24) is 5.32 Å². The zero-order valence-corrected chi connectivity index (χ0v) is 12.7. The quantitative estimate of drug-likeness (QED) is 0.715. The highest BCUT2D eigenvalue weighted by Gasteiger charge is 2.40. The van der Waals surface area contributed by atoms with Gasteiger partial charge in [-0.25, -0.2) is 0 Å². The van der Waals surface area contributed by atoms with Gasteiger partial charge in [0.15, 0.2) is 0 Å². The van der Waals surface area contributed by atoms with E-state index in [2.05, 4.69) is 5.32 Å². The first-order valence-electron chi connectivity index (χ1n) is 7.87. The molecule has 2 nitrogen and oxygen atoms in total. The van der Waals surface area contributed by atoms with E-state index < -0.39 is 12.6 Å². The van der Waals surface area contributed by atoms with Crippen LogP contribution in [0, 0.1) is 0 Å². The number of hydrogen-bond donors (Lipinski definition) is 1. The molecule has 20 heavy (non-hydrogen) atoms. The lowest BCUT2D eigenvalue weighted by Crippen LogP contribution is -2.53. The van der Waals surface area contributed by atoms with Crippen molar-refractivity contribution in [3.63, 3.8) is 0 Å². The number of halogens is 3. The molecule has 0 radical (unpaired) electrons. The summed E-state index contributed by atoms with van der Waals surface area (Å²) in [5.41, 5.74) is -0.255. The summed E-state index contributed by atoms with van der Waals surface area (Å²) in [7, 11) is 0. The molecule has 1 atom stereocenters. The third-order valence-electron chi connectivity index (χ3n) is 4.17. The Hall–Kier alpha value is -0.290. The van der Waals surface area contributed by atoms with Crippen LogP contribution in [0.1, 0.15) is 65.2 Å². The van der Waals surface area contributed by atoms with Crippen molar-refractivity contribution >= 4 is 0 Å². The molecule has 0 aromatic carbocycles. The Bertz CT molecular complexity index is 257. The summed E-state index contributed by atoms with van der Waals surface area (Å²) >= 11 is 0. The van der Waals surface area contributed by atoms with Crippen molar-refractivity contribution in [3.8, 4) is 0 Å². The number of alkyl halides is 3. The Morgan fingerprint density at radius 1 is 1.15 bits per heavy atom. The lowest BCUT2D eigenvalue weighted by molar-refractivity contribution is -0.138. The van der Waals surface area contributed by atoms with E-state index in [-0.39, 0.29) is 18.1 Å². The second-order valence-electron chi connectivity index (χ2n) is 5.68. The molecule has 0 saturated heterocycles. The predicted octanol–water partition coefficient (Wildman–Crippen LogP) is 4.44. The highest BCUT2D eigenvalue weighted by molar-refractivity contribution is 4.95. The van der Waals surface area contributed by atoms with Crippen molar-refractivity contribution in [3.05, 3.63) is 0 Å². The molecule has 1 aliphatic carbocycles. The average molecular weight is 295 g/mol. The molecule has 0 heterocycles. The molecule has 1 N–H and O–H groups in total. The summed E-state index contributed by atoms with van der Waals surface area (Å²) in [5, 5.41) is 3.37. The van der Waals surface area contributed by atoms with E-state index in [1.54, 1.807) is 0 Å². The van der Waals surface area contributed by atoms with Gasteiger partial charge in [0.1, 0.15) is 0 Å². The van der Waals surface area contributed by atoms with Gasteiger partial charge >= 0.3 is 6.18 Å². The third-order valence-corrected chi connectivity index (χ3v) is 4.17. The van der Waals surface area contributed by atoms with E-state index in [1.165, 1.54) is 6.42 Å². The van der Waals surface area contributed by atoms with Gasteiger partial charge in [0.05, 0.1) is 5.60 Å². The van der Waals surface area contributed by atoms with Crippen LogP contribution in [0.15, 0.2) is 0 Å². The minimum absolute atomic E-state index is 0.0371. The fourth-order valence-electron chi connectivity index (χ4n) is 3.34. The lowest BCUT2D eigenvalue weighted by atomic mass is 9.77. The molecule has 0 spiro atoms. The average Bonchev–Trinajstić information content (AvgIpc) is 2.38. The standard InChI is InChI=1S/C15H28F3NO/c1-3-19-13(9-8-12-15(16,17)18)14(20-4-2)10-6-5-7-11-14/h13,19H,3-12H2,1-2H3. The lowest BCUT2D eigenvalue weighted by Gasteiger charge is -2.44. The zero-order chi connectivity index (χ0) is 15.1. The summed E-state index contributed by atoms with van der Waals surface area (Å²) < 4.78 is 43.0. The maximum Gasteiger partial charge on any atom is 0.389 e. The Morgan fingerprint density at radius 3 is 2.30 bits per heavy atom. The van der Waals surface area contributed by atoms with Crippen molar-refractivity contribution in [2.75, 3.05) is 13.2 Å². The Morgan fingerprint density at radius 2 is 1.80 bits per heavy atom. The van der Waals surface area contributed by atoms with Crippen LogP contribution in [0.5, 0.6) is 0 Å². The van der Waals surface area contributed by atoms with Gasteiger partial charge in [0.25, 0.3) is 0 Å². The van der Waals surface area contributed by atoms with Crippen LogP contribution in [0.3, 0.4) is 0 Å². The first-order valence-corrected chi connectivity index (χ1v) is 7.87. The maximum atomic E-state index is 12.3. The maximum absolute atomic E-state index is 12.3. The minimum atomic E-state index is -4.05. The van der Waals surface area contributed by atoms with Crippen LogP contribution in [-0.2, 0) is 4.74 Å². The number of ether oxygens (including phenoxy) is 1. The number of likely N-dealkylation sites (N-methyl/N-ethyl adjacent to an activating group) is 1. The van der Waals surface area contributed by atoms with Gasteiger partial charge in [0, 0.05) is 19.1 Å². The summed E-state index contributed by atoms with van der Waals surface area (Å²) in [6, 6.07) is 0.0371. The Labute approximate surface area is 120 Å². The van der Waals surface area contributed by atoms with E-state index >= 15 is 0 Å². The molecule has 1 unspecified atom stereocenters. The van der Waals surface area contributed by atoms with Crippen LogP contribution in [0.25, 0.3) is 0 Å². The molecule has 1 aliphatic rings. The van der Waals surface area contributed by atoms with Gasteiger partial charge in [-0.05, 0) is 39.2 Å². The minimum Gasteiger partial charge on any atom is -0.374 e. The molecule has 0 bridgehead atoms. The zero-order valence-electron chi connectivity index (χ0n) is 12.7. The first kappa shape index (κ1) is 17.8. The van der Waals surface area contributed by atoms with Crippen LogP contribution in [-0.4, -0.2) is 31.0 Å². The summed E-state index contributed by atoms with van der Waals surface area (Å²) in [5.74, 6) is 0. The highest BCUT2D eigenvalue weighted by Crippen LogP contribution is 2.37. The Kier molecular flexibility index (Phi) is 7.30. The monoisotopic (exact) mass is 295 g/mol. The molecule has 0 amide bonds. The van der Waals surface area contributed by atoms with E-state index in [0.29, 0.717) is 13.0 Å². The summed E-state index contributed by atoms with van der Waals surface area (Å²) in [4.78, 5) is 0. The van der Waals surface area contributed by atoms with Crippen LogP contribution in [0.4, 0.5) is 13.2 Å². The second-order valence-corrected chi connectivity index (χ2v) is 5.68. The van der Waals surface area contributed by atoms with Gasteiger partial charge in [0.2, 0.25) is 0 Å². The van der Waals surface area contributed by atoms with Gasteiger partial charge in [-0.15, -0.1) is 0 Å². The fraction of sp³-hybridized carbons (Fsp3) is 1.00. The molecular formula is C15H28F3NO. The van der Waals surface area contributed by atoms with Crippen molar-refractivity contribution < 1.29 is 17.9 Å². The smallest absolute Gasteiger partial charge is 0.374 e. The second kappa shape index (κ2) is 8.23. The van der Waals surface area contributed by atoms with Crippen LogP contribution in [0.2, 0.25) is 0 Å². The normalized spacial score (nSPS) is 20.9. The van der Waals surface area contributed by atoms with Gasteiger partial charge in [-0.2, -0.15) is 13.2 Å². The molecular weight excluding hydrogens is 267 g/mol. The van der Waals surface area contributed by atoms with Gasteiger partial charge in [-0.1, -0.05) is 26.2 Å². The van der Waals surface area contributed by atoms with Gasteiger partial charge in [-0.3, -0.25) is 0 Å². The molecule has 1 saturated carbocycles. The predicted molar refractivity (Wildman–Crippen MR) is 74.8 cm³/mol. The van der Waals surface area contributed by atoms with E-state index in [4.69, 9.17) is 4.74 Å². The number of nitrogens with one attached hydrogen (secondary N) is 1. The fourth-order valence-corrected chi connectivity index (χ4v) is 3.34. The highest BCUT2D eigenvalue weighted by atomic mass is 19.4. The van der Waals surface area contributed by atoms with Crippen LogP contribution < -0.4 is 5.32 Å². The van der Waals surface area contributed by atoms with E-state index in [1.807, 2.05) is 13.8 Å². The topological polar surface area (TPSA) is 21.3 Å². The first-order chi connectivity index (χ1) is 9.43. The van der Waals surface area contributed by atoms with Crippen molar-refractivity contribution in [1.29, 1.82) is 0 Å². The molecule has 1 fully saturated rings. The van der Waals surface area contributed by atoms with Crippen LogP contribution >= 0.6 is 0 Å². The van der Waals surface area contributed by atoms with Crippen molar-refractivity contribution in [2.24, 2.45) is 0 Å². The number of hydrogen-bond acceptors (Lipinski definition) is 2. The number of rotatable bonds is 8. The van der Waals surface area contributed by atoms with E-state index in [9.17, 15) is 13.2 Å². The molecule has 120 valence electrons. The molecule has 0 aromatic rings. The molecule has 1 rings (SSSR count). The SMILES string of the molecule is CCNC(CCCC(F)(F)F)C1(OCC)CCCCC1. The third kappa shape index (κ3) is 5.60.